The van der Waals surface area contributed by atoms with Crippen LogP contribution in [0.5, 0.6) is 0 Å². The summed E-state index contributed by atoms with van der Waals surface area (Å²) in [6.07, 6.45) is 1.90. The van der Waals surface area contributed by atoms with E-state index in [0.717, 1.165) is 18.4 Å². The molecule has 26 heavy (non-hydrogen) atoms. The molecule has 1 N–H and O–H groups in total. The lowest BCUT2D eigenvalue weighted by Crippen LogP contribution is -2.26. The average Bonchev–Trinajstić information content (AvgIpc) is 2.64. The van der Waals surface area contributed by atoms with Crippen LogP contribution in [0.3, 0.4) is 0 Å². The van der Waals surface area contributed by atoms with Gasteiger partial charge in [-0.1, -0.05) is 64.1 Å². The molecule has 3 nitrogen and oxygen atoms in total. The Kier molecular flexibility index (Phi) is 9.05. The molecule has 0 spiro atoms. The molecule has 2 rings (SSSR count). The molecule has 0 aliphatic heterocycles. The molecule has 2 aromatic carbocycles. The van der Waals surface area contributed by atoms with Gasteiger partial charge in [0.2, 0.25) is 0 Å². The topological polar surface area (TPSA) is 47.3 Å². The normalized spacial score (nSPS) is 10.8. The third-order valence-corrected chi connectivity index (χ3v) is 4.40. The van der Waals surface area contributed by atoms with Gasteiger partial charge in [-0.25, -0.2) is 0 Å². The smallest absolute Gasteiger partial charge is 0.0991 e. The second-order valence-corrected chi connectivity index (χ2v) is 7.22. The van der Waals surface area contributed by atoms with E-state index in [0.29, 0.717) is 18.7 Å². The first-order valence-corrected chi connectivity index (χ1v) is 9.37. The number of rotatable bonds is 7. The van der Waals surface area contributed by atoms with E-state index in [1.165, 1.54) is 16.2 Å². The summed E-state index contributed by atoms with van der Waals surface area (Å²) in [5.41, 5.74) is 4.38. The van der Waals surface area contributed by atoms with Crippen molar-refractivity contribution in [3.8, 4) is 6.07 Å². The Hall–Kier alpha value is -2.15. The van der Waals surface area contributed by atoms with Crippen molar-refractivity contribution in [2.45, 2.75) is 54.0 Å². The van der Waals surface area contributed by atoms with E-state index >= 15 is 0 Å². The third kappa shape index (κ3) is 7.39. The van der Waals surface area contributed by atoms with Crippen LogP contribution in [0.15, 0.2) is 48.5 Å². The van der Waals surface area contributed by atoms with Gasteiger partial charge >= 0.3 is 0 Å². The number of nitrogens with zero attached hydrogens (tertiary/aromatic N) is 2. The molecule has 0 aromatic heterocycles. The molecular formula is C23H32N2O. The van der Waals surface area contributed by atoms with Gasteiger partial charge in [0.05, 0.1) is 11.6 Å². The molecule has 0 aliphatic carbocycles. The fraction of sp³-hybridized carbons (Fsp3) is 0.435. The Morgan fingerprint density at radius 1 is 1.08 bits per heavy atom. The van der Waals surface area contributed by atoms with Crippen molar-refractivity contribution in [3.05, 3.63) is 70.8 Å². The second kappa shape index (κ2) is 10.8. The molecule has 2 aromatic rings. The second-order valence-electron chi connectivity index (χ2n) is 7.22. The Morgan fingerprint density at radius 3 is 2.42 bits per heavy atom. The van der Waals surface area contributed by atoms with Gasteiger partial charge in [-0.3, -0.25) is 0 Å². The Bertz CT molecular complexity index is 716. The first-order chi connectivity index (χ1) is 12.4. The monoisotopic (exact) mass is 352 g/mol. The first-order valence-electron chi connectivity index (χ1n) is 9.37. The van der Waals surface area contributed by atoms with Crippen molar-refractivity contribution in [2.75, 3.05) is 6.54 Å². The molecule has 3 heteroatoms. The van der Waals surface area contributed by atoms with Crippen molar-refractivity contribution < 1.29 is 5.21 Å². The average molecular weight is 353 g/mol. The maximum absolute atomic E-state index is 10.2. The maximum atomic E-state index is 10.2. The molecule has 0 fully saturated rings. The number of hydroxylamine groups is 2. The lowest BCUT2D eigenvalue weighted by atomic mass is 9.81. The molecule has 0 amide bonds. The SMILES string of the molecule is CC.Cc1ccccc1CC(C)(C)CCN(O)Cc1cccc(C#N)c1. The predicted octanol–water partition coefficient (Wildman–Crippen LogP) is 5.74. The summed E-state index contributed by atoms with van der Waals surface area (Å²) >= 11 is 0. The van der Waals surface area contributed by atoms with Crippen molar-refractivity contribution in [1.29, 1.82) is 5.26 Å². The van der Waals surface area contributed by atoms with Crippen LogP contribution in [0.2, 0.25) is 0 Å². The highest BCUT2D eigenvalue weighted by Gasteiger charge is 2.20. The van der Waals surface area contributed by atoms with E-state index in [1.807, 2.05) is 32.0 Å². The molecule has 0 atom stereocenters. The fourth-order valence-corrected chi connectivity index (χ4v) is 2.87. The Labute approximate surface area is 158 Å². The van der Waals surface area contributed by atoms with E-state index in [9.17, 15) is 5.21 Å². The quantitative estimate of drug-likeness (QED) is 0.646. The number of hydrogen-bond donors (Lipinski definition) is 1. The molecular weight excluding hydrogens is 320 g/mol. The van der Waals surface area contributed by atoms with Gasteiger partial charge in [-0.05, 0) is 54.0 Å². The molecule has 0 saturated carbocycles. The summed E-state index contributed by atoms with van der Waals surface area (Å²) < 4.78 is 0. The highest BCUT2D eigenvalue weighted by atomic mass is 16.5. The van der Waals surface area contributed by atoms with Crippen molar-refractivity contribution in [2.24, 2.45) is 5.41 Å². The van der Waals surface area contributed by atoms with Crippen LogP contribution in [0.25, 0.3) is 0 Å². The molecule has 140 valence electrons. The van der Waals surface area contributed by atoms with E-state index in [1.54, 1.807) is 6.07 Å². The highest BCUT2D eigenvalue weighted by Crippen LogP contribution is 2.27. The number of benzene rings is 2. The minimum atomic E-state index is 0.113. The van der Waals surface area contributed by atoms with Gasteiger partial charge in [0.25, 0.3) is 0 Å². The largest absolute Gasteiger partial charge is 0.314 e. The summed E-state index contributed by atoms with van der Waals surface area (Å²) in [5, 5.41) is 20.5. The van der Waals surface area contributed by atoms with Crippen LogP contribution in [0.4, 0.5) is 0 Å². The van der Waals surface area contributed by atoms with Gasteiger partial charge < -0.3 is 5.21 Å². The minimum Gasteiger partial charge on any atom is -0.314 e. The van der Waals surface area contributed by atoms with Gasteiger partial charge in [0.1, 0.15) is 0 Å². The zero-order valence-corrected chi connectivity index (χ0v) is 16.8. The van der Waals surface area contributed by atoms with Gasteiger partial charge in [-0.15, -0.1) is 0 Å². The van der Waals surface area contributed by atoms with Crippen LogP contribution in [-0.2, 0) is 13.0 Å². The molecule has 0 unspecified atom stereocenters. The summed E-state index contributed by atoms with van der Waals surface area (Å²) in [7, 11) is 0. The van der Waals surface area contributed by atoms with Crippen molar-refractivity contribution >= 4 is 0 Å². The summed E-state index contributed by atoms with van der Waals surface area (Å²) in [6, 6.07) is 18.0. The third-order valence-electron chi connectivity index (χ3n) is 4.40. The summed E-state index contributed by atoms with van der Waals surface area (Å²) in [4.78, 5) is 0. The molecule has 0 radical (unpaired) electrons. The molecule has 0 heterocycles. The van der Waals surface area contributed by atoms with Gasteiger partial charge in [0, 0.05) is 13.1 Å². The fourth-order valence-electron chi connectivity index (χ4n) is 2.87. The number of nitriles is 1. The van der Waals surface area contributed by atoms with E-state index in [2.05, 4.69) is 51.1 Å². The van der Waals surface area contributed by atoms with Crippen LogP contribution < -0.4 is 0 Å². The Morgan fingerprint density at radius 2 is 1.77 bits per heavy atom. The summed E-state index contributed by atoms with van der Waals surface area (Å²) in [5.74, 6) is 0. The van der Waals surface area contributed by atoms with Crippen LogP contribution in [0.1, 0.15) is 56.4 Å². The van der Waals surface area contributed by atoms with Crippen molar-refractivity contribution in [1.82, 2.24) is 5.06 Å². The molecule has 0 aliphatic rings. The lowest BCUT2D eigenvalue weighted by Gasteiger charge is -2.27. The Balaban J connectivity index is 0.00000163. The summed E-state index contributed by atoms with van der Waals surface area (Å²) in [6.45, 7) is 11.7. The van der Waals surface area contributed by atoms with Gasteiger partial charge in [0.15, 0.2) is 0 Å². The standard InChI is InChI=1S/C21H26N2O.C2H6/c1-17-7-4-5-10-20(17)14-21(2,3)11-12-23(24)16-19-9-6-8-18(13-19)15-22;1-2/h4-10,13,24H,11-12,14,16H2,1-3H3;1-2H3. The van der Waals surface area contributed by atoms with Crippen LogP contribution in [0, 0.1) is 23.7 Å². The minimum absolute atomic E-state index is 0.113. The predicted molar refractivity (Wildman–Crippen MR) is 108 cm³/mol. The first kappa shape index (κ1) is 21.9. The van der Waals surface area contributed by atoms with Crippen LogP contribution >= 0.6 is 0 Å². The zero-order valence-electron chi connectivity index (χ0n) is 16.8. The van der Waals surface area contributed by atoms with Gasteiger partial charge in [-0.2, -0.15) is 10.3 Å². The van der Waals surface area contributed by atoms with E-state index < -0.39 is 0 Å². The van der Waals surface area contributed by atoms with Crippen LogP contribution in [-0.4, -0.2) is 16.8 Å². The van der Waals surface area contributed by atoms with Crippen molar-refractivity contribution in [3.63, 3.8) is 0 Å². The lowest BCUT2D eigenvalue weighted by molar-refractivity contribution is -0.105. The zero-order chi connectivity index (χ0) is 19.6. The van der Waals surface area contributed by atoms with E-state index in [-0.39, 0.29) is 5.41 Å². The highest BCUT2D eigenvalue weighted by molar-refractivity contribution is 5.32. The number of aryl methyl sites for hydroxylation is 1. The molecule has 0 saturated heterocycles. The molecule has 0 bridgehead atoms. The maximum Gasteiger partial charge on any atom is 0.0991 e. The van der Waals surface area contributed by atoms with E-state index in [4.69, 9.17) is 5.26 Å². The number of hydrogen-bond acceptors (Lipinski definition) is 3.